The third-order valence-electron chi connectivity index (χ3n) is 5.50. The standard InChI is InChI=1S/C20H29ClN4O4/c1-28-13-12-24-9-6-17(19(24)26)23-7-3-8-25(11-10-23)20(27)22-16-14-15(21)4-5-18(16)29-2/h4-5,14,17H,3,6-13H2,1-2H3,(H,22,27). The molecule has 3 rings (SSSR count). The van der Waals surface area contributed by atoms with Gasteiger partial charge in [-0.25, -0.2) is 4.79 Å². The highest BCUT2D eigenvalue weighted by Gasteiger charge is 2.36. The van der Waals surface area contributed by atoms with Crippen molar-refractivity contribution in [1.29, 1.82) is 0 Å². The number of ether oxygens (including phenoxy) is 2. The van der Waals surface area contributed by atoms with Crippen LogP contribution in [-0.4, -0.2) is 92.8 Å². The normalized spacial score (nSPS) is 20.7. The lowest BCUT2D eigenvalue weighted by molar-refractivity contribution is -0.132. The van der Waals surface area contributed by atoms with Crippen molar-refractivity contribution in [3.05, 3.63) is 23.2 Å². The first kappa shape index (κ1) is 21.7. The first-order chi connectivity index (χ1) is 14.0. The topological polar surface area (TPSA) is 74.3 Å². The van der Waals surface area contributed by atoms with Gasteiger partial charge in [0.15, 0.2) is 0 Å². The molecule has 3 amide bonds. The molecule has 1 N–H and O–H groups in total. The number of methoxy groups -OCH3 is 2. The Morgan fingerprint density at radius 1 is 1.21 bits per heavy atom. The number of nitrogens with one attached hydrogen (secondary N) is 1. The fraction of sp³-hybridized carbons (Fsp3) is 0.600. The summed E-state index contributed by atoms with van der Waals surface area (Å²) < 4.78 is 10.4. The molecule has 0 saturated carbocycles. The van der Waals surface area contributed by atoms with Crippen LogP contribution in [-0.2, 0) is 9.53 Å². The van der Waals surface area contributed by atoms with Gasteiger partial charge >= 0.3 is 6.03 Å². The summed E-state index contributed by atoms with van der Waals surface area (Å²) in [5, 5.41) is 3.42. The number of likely N-dealkylation sites (tertiary alicyclic amines) is 1. The third-order valence-corrected chi connectivity index (χ3v) is 5.73. The lowest BCUT2D eigenvalue weighted by Crippen LogP contribution is -2.44. The number of hydrogen-bond donors (Lipinski definition) is 1. The molecule has 29 heavy (non-hydrogen) atoms. The van der Waals surface area contributed by atoms with Crippen LogP contribution in [0.25, 0.3) is 0 Å². The van der Waals surface area contributed by atoms with Crippen LogP contribution in [0.3, 0.4) is 0 Å². The van der Waals surface area contributed by atoms with Crippen LogP contribution < -0.4 is 10.1 Å². The molecule has 160 valence electrons. The molecule has 0 radical (unpaired) electrons. The number of urea groups is 1. The molecule has 2 saturated heterocycles. The lowest BCUT2D eigenvalue weighted by Gasteiger charge is -2.26. The van der Waals surface area contributed by atoms with Crippen molar-refractivity contribution >= 4 is 29.2 Å². The van der Waals surface area contributed by atoms with E-state index in [4.69, 9.17) is 21.1 Å². The molecule has 0 bridgehead atoms. The molecule has 0 spiro atoms. The van der Waals surface area contributed by atoms with Crippen molar-refractivity contribution in [2.75, 3.05) is 65.4 Å². The van der Waals surface area contributed by atoms with E-state index >= 15 is 0 Å². The number of rotatable bonds is 6. The van der Waals surface area contributed by atoms with E-state index in [1.807, 2.05) is 4.90 Å². The molecule has 1 aromatic carbocycles. The van der Waals surface area contributed by atoms with Gasteiger partial charge in [0, 0.05) is 51.4 Å². The Bertz CT molecular complexity index is 732. The van der Waals surface area contributed by atoms with Crippen LogP contribution in [0.4, 0.5) is 10.5 Å². The number of carbonyl (C=O) groups excluding carboxylic acids is 2. The minimum atomic E-state index is -0.188. The second-order valence-electron chi connectivity index (χ2n) is 7.27. The second kappa shape index (κ2) is 10.1. The molecular formula is C20H29ClN4O4. The molecule has 1 unspecified atom stereocenters. The van der Waals surface area contributed by atoms with E-state index in [9.17, 15) is 9.59 Å². The summed E-state index contributed by atoms with van der Waals surface area (Å²) in [5.41, 5.74) is 0.547. The van der Waals surface area contributed by atoms with Crippen LogP contribution in [0.5, 0.6) is 5.75 Å². The summed E-state index contributed by atoms with van der Waals surface area (Å²) in [7, 11) is 3.20. The monoisotopic (exact) mass is 424 g/mol. The quantitative estimate of drug-likeness (QED) is 0.757. The van der Waals surface area contributed by atoms with Gasteiger partial charge in [0.25, 0.3) is 0 Å². The molecule has 2 fully saturated rings. The Morgan fingerprint density at radius 3 is 2.79 bits per heavy atom. The first-order valence-electron chi connectivity index (χ1n) is 9.94. The number of benzene rings is 1. The molecule has 0 aliphatic carbocycles. The molecule has 2 heterocycles. The highest BCUT2D eigenvalue weighted by Crippen LogP contribution is 2.28. The van der Waals surface area contributed by atoms with Gasteiger partial charge in [-0.15, -0.1) is 0 Å². The lowest BCUT2D eigenvalue weighted by atomic mass is 10.2. The highest BCUT2D eigenvalue weighted by atomic mass is 35.5. The van der Waals surface area contributed by atoms with Crippen LogP contribution in [0.1, 0.15) is 12.8 Å². The second-order valence-corrected chi connectivity index (χ2v) is 7.71. The van der Waals surface area contributed by atoms with E-state index in [2.05, 4.69) is 10.2 Å². The van der Waals surface area contributed by atoms with Gasteiger partial charge in [-0.05, 0) is 31.0 Å². The van der Waals surface area contributed by atoms with Crippen LogP contribution in [0.2, 0.25) is 5.02 Å². The number of carbonyl (C=O) groups is 2. The number of amides is 3. The van der Waals surface area contributed by atoms with Gasteiger partial charge in [-0.1, -0.05) is 11.6 Å². The van der Waals surface area contributed by atoms with Gasteiger partial charge in [-0.3, -0.25) is 9.69 Å². The van der Waals surface area contributed by atoms with Gasteiger partial charge in [0.2, 0.25) is 5.91 Å². The van der Waals surface area contributed by atoms with Crippen molar-refractivity contribution in [2.45, 2.75) is 18.9 Å². The van der Waals surface area contributed by atoms with Crippen LogP contribution in [0, 0.1) is 0 Å². The fourth-order valence-corrected chi connectivity index (χ4v) is 4.08. The van der Waals surface area contributed by atoms with Crippen molar-refractivity contribution in [3.8, 4) is 5.75 Å². The van der Waals surface area contributed by atoms with Gasteiger partial charge in [0.1, 0.15) is 5.75 Å². The van der Waals surface area contributed by atoms with E-state index in [0.717, 1.165) is 25.9 Å². The molecular weight excluding hydrogens is 396 g/mol. The Balaban J connectivity index is 1.57. The van der Waals surface area contributed by atoms with E-state index in [1.54, 1.807) is 37.3 Å². The minimum Gasteiger partial charge on any atom is -0.495 e. The van der Waals surface area contributed by atoms with E-state index in [-0.39, 0.29) is 18.0 Å². The Labute approximate surface area is 176 Å². The first-order valence-corrected chi connectivity index (χ1v) is 10.3. The summed E-state index contributed by atoms with van der Waals surface area (Å²) >= 11 is 6.05. The number of nitrogens with zero attached hydrogens (tertiary/aromatic N) is 3. The third kappa shape index (κ3) is 5.32. The minimum absolute atomic E-state index is 0.0945. The number of halogens is 1. The zero-order chi connectivity index (χ0) is 20.8. The molecule has 8 nitrogen and oxygen atoms in total. The Kier molecular flexibility index (Phi) is 7.57. The van der Waals surface area contributed by atoms with Crippen molar-refractivity contribution in [2.24, 2.45) is 0 Å². The molecule has 0 aromatic heterocycles. The molecule has 9 heteroatoms. The maximum absolute atomic E-state index is 12.8. The Morgan fingerprint density at radius 2 is 2.03 bits per heavy atom. The maximum atomic E-state index is 12.8. The van der Waals surface area contributed by atoms with E-state index in [1.165, 1.54) is 0 Å². The maximum Gasteiger partial charge on any atom is 0.321 e. The largest absolute Gasteiger partial charge is 0.495 e. The van der Waals surface area contributed by atoms with Crippen molar-refractivity contribution in [1.82, 2.24) is 14.7 Å². The average molecular weight is 425 g/mol. The molecule has 1 atom stereocenters. The predicted molar refractivity (Wildman–Crippen MR) is 112 cm³/mol. The summed E-state index contributed by atoms with van der Waals surface area (Å²) in [5.74, 6) is 0.732. The smallest absolute Gasteiger partial charge is 0.321 e. The highest BCUT2D eigenvalue weighted by molar-refractivity contribution is 6.31. The predicted octanol–water partition coefficient (Wildman–Crippen LogP) is 2.14. The van der Waals surface area contributed by atoms with Crippen LogP contribution >= 0.6 is 11.6 Å². The zero-order valence-electron chi connectivity index (χ0n) is 17.0. The average Bonchev–Trinajstić information content (AvgIpc) is 2.91. The molecule has 2 aliphatic heterocycles. The van der Waals surface area contributed by atoms with Gasteiger partial charge in [-0.2, -0.15) is 0 Å². The number of hydrogen-bond acceptors (Lipinski definition) is 5. The number of anilines is 1. The summed E-state index contributed by atoms with van der Waals surface area (Å²) in [6, 6.07) is 4.83. The molecule has 2 aliphatic rings. The summed E-state index contributed by atoms with van der Waals surface area (Å²) in [6.07, 6.45) is 1.65. The van der Waals surface area contributed by atoms with E-state index < -0.39 is 0 Å². The fourth-order valence-electron chi connectivity index (χ4n) is 3.91. The summed E-state index contributed by atoms with van der Waals surface area (Å²) in [6.45, 7) is 4.64. The Hall–Kier alpha value is -2.03. The van der Waals surface area contributed by atoms with Crippen LogP contribution in [0.15, 0.2) is 18.2 Å². The zero-order valence-corrected chi connectivity index (χ0v) is 17.8. The molecule has 1 aromatic rings. The van der Waals surface area contributed by atoms with Gasteiger partial charge < -0.3 is 24.6 Å². The van der Waals surface area contributed by atoms with Crippen molar-refractivity contribution in [3.63, 3.8) is 0 Å². The van der Waals surface area contributed by atoms with Crippen molar-refractivity contribution < 1.29 is 19.1 Å². The van der Waals surface area contributed by atoms with Gasteiger partial charge in [0.05, 0.1) is 25.4 Å². The SMILES string of the molecule is COCCN1CCC(N2CCCN(C(=O)Nc3cc(Cl)ccc3OC)CC2)C1=O. The van der Waals surface area contributed by atoms with E-state index in [0.29, 0.717) is 49.2 Å². The summed E-state index contributed by atoms with van der Waals surface area (Å²) in [4.78, 5) is 31.3.